The molecule has 29 heavy (non-hydrogen) atoms. The number of nitrogens with zero attached hydrogens (tertiary/aromatic N) is 4. The maximum atomic E-state index is 14.9. The van der Waals surface area contributed by atoms with E-state index in [-0.39, 0.29) is 34.4 Å². The minimum Gasteiger partial charge on any atom is -0.477 e. The summed E-state index contributed by atoms with van der Waals surface area (Å²) in [6.45, 7) is 1.08. The Morgan fingerprint density at radius 3 is 2.86 bits per heavy atom. The minimum atomic E-state index is -1.34. The molecule has 4 rings (SSSR count). The van der Waals surface area contributed by atoms with Crippen molar-refractivity contribution in [2.45, 2.75) is 18.9 Å². The summed E-state index contributed by atoms with van der Waals surface area (Å²) in [7, 11) is 0. The van der Waals surface area contributed by atoms with Crippen LogP contribution in [0.25, 0.3) is 11.0 Å². The van der Waals surface area contributed by atoms with Crippen LogP contribution in [-0.2, 0) is 4.84 Å². The van der Waals surface area contributed by atoms with Gasteiger partial charge in [0, 0.05) is 31.2 Å². The molecule has 1 unspecified atom stereocenters. The first-order chi connectivity index (χ1) is 13.9. The van der Waals surface area contributed by atoms with Crippen LogP contribution in [0.15, 0.2) is 22.2 Å². The van der Waals surface area contributed by atoms with Crippen molar-refractivity contribution in [3.8, 4) is 0 Å². The van der Waals surface area contributed by atoms with Crippen LogP contribution in [0, 0.1) is 11.7 Å². The molecule has 2 aliphatic rings. The van der Waals surface area contributed by atoms with Gasteiger partial charge in [-0.15, -0.1) is 0 Å². The summed E-state index contributed by atoms with van der Waals surface area (Å²) >= 11 is 2.03. The quantitative estimate of drug-likeness (QED) is 0.341. The highest BCUT2D eigenvalue weighted by Gasteiger charge is 2.33. The van der Waals surface area contributed by atoms with Gasteiger partial charge in [0.05, 0.1) is 17.6 Å². The first kappa shape index (κ1) is 20.0. The number of carbonyl (C=O) groups is 1. The van der Waals surface area contributed by atoms with Crippen molar-refractivity contribution in [1.29, 1.82) is 0 Å². The molecule has 2 aromatic heterocycles. The zero-order valence-electron chi connectivity index (χ0n) is 15.3. The van der Waals surface area contributed by atoms with Crippen LogP contribution in [0.3, 0.4) is 0 Å². The number of rotatable bonds is 6. The van der Waals surface area contributed by atoms with E-state index in [9.17, 15) is 19.1 Å². The molecular formula is C18H19FIN5O4. The summed E-state index contributed by atoms with van der Waals surface area (Å²) < 4.78 is 17.0. The summed E-state index contributed by atoms with van der Waals surface area (Å²) in [5.74, 6) is -2.02. The van der Waals surface area contributed by atoms with E-state index in [1.807, 2.05) is 22.6 Å². The molecule has 3 N–H and O–H groups in total. The molecule has 0 radical (unpaired) electrons. The standard InChI is InChI=1S/C18H19FIN5O4/c19-13-3-11-15(26)12(18(27)28)6-25(10-1-2-10)16(11)22-17(13)24-5-9(4-21)14(7-24)23-29-8-20/h3,6,9-10H,1-2,4-5,7-8,21H2,(H,27,28). The SMILES string of the molecule is NCC1CN(c2nc3c(cc2F)c(=O)c(C(=O)O)cn3C2CC2)CC1=NOCI. The van der Waals surface area contributed by atoms with Gasteiger partial charge in [0.1, 0.15) is 11.2 Å². The molecule has 0 bridgehead atoms. The maximum Gasteiger partial charge on any atom is 0.341 e. The summed E-state index contributed by atoms with van der Waals surface area (Å²) in [6, 6.07) is 1.14. The number of hydrogen-bond donors (Lipinski definition) is 2. The molecule has 1 aliphatic heterocycles. The second-order valence-corrected chi connectivity index (χ2v) is 7.74. The van der Waals surface area contributed by atoms with Crippen molar-refractivity contribution < 1.29 is 19.1 Å². The molecule has 0 amide bonds. The first-order valence-corrected chi connectivity index (χ1v) is 10.7. The highest BCUT2D eigenvalue weighted by molar-refractivity contribution is 14.1. The normalized spacial score (nSPS) is 20.6. The third-order valence-electron chi connectivity index (χ3n) is 5.19. The lowest BCUT2D eigenvalue weighted by molar-refractivity contribution is 0.0695. The Morgan fingerprint density at radius 1 is 1.48 bits per heavy atom. The monoisotopic (exact) mass is 515 g/mol. The fourth-order valence-corrected chi connectivity index (χ4v) is 3.73. The molecule has 1 saturated carbocycles. The number of carboxylic acids is 1. The van der Waals surface area contributed by atoms with Gasteiger partial charge in [0.2, 0.25) is 5.43 Å². The van der Waals surface area contributed by atoms with Gasteiger partial charge < -0.3 is 25.1 Å². The zero-order valence-corrected chi connectivity index (χ0v) is 17.5. The molecule has 9 nitrogen and oxygen atoms in total. The lowest BCUT2D eigenvalue weighted by Gasteiger charge is -2.19. The van der Waals surface area contributed by atoms with E-state index in [1.54, 1.807) is 9.47 Å². The Bertz CT molecular complexity index is 1070. The predicted octanol–water partition coefficient (Wildman–Crippen LogP) is 1.73. The summed E-state index contributed by atoms with van der Waals surface area (Å²) in [5, 5.41) is 13.4. The van der Waals surface area contributed by atoms with Gasteiger partial charge in [0.15, 0.2) is 16.2 Å². The van der Waals surface area contributed by atoms with Crippen molar-refractivity contribution in [2.75, 3.05) is 29.1 Å². The third-order valence-corrected chi connectivity index (χ3v) is 5.47. The number of aromatic nitrogens is 2. The summed E-state index contributed by atoms with van der Waals surface area (Å²) in [6.07, 6.45) is 3.02. The van der Waals surface area contributed by atoms with Gasteiger partial charge >= 0.3 is 5.97 Å². The van der Waals surface area contributed by atoms with Crippen molar-refractivity contribution in [3.05, 3.63) is 33.9 Å². The molecule has 2 fully saturated rings. The number of carboxylic acid groups (broad SMARTS) is 1. The fourth-order valence-electron chi connectivity index (χ4n) is 3.59. The first-order valence-electron chi connectivity index (χ1n) is 9.13. The Hall–Kier alpha value is -2.28. The van der Waals surface area contributed by atoms with E-state index in [0.717, 1.165) is 18.9 Å². The minimum absolute atomic E-state index is 0.0326. The fraction of sp³-hybridized carbons (Fsp3) is 0.444. The maximum absolute atomic E-state index is 14.9. The van der Waals surface area contributed by atoms with E-state index in [2.05, 4.69) is 10.1 Å². The Balaban J connectivity index is 1.82. The van der Waals surface area contributed by atoms with Gasteiger partial charge in [-0.25, -0.2) is 14.2 Å². The number of fused-ring (bicyclic) bond motifs is 1. The van der Waals surface area contributed by atoms with E-state index in [1.165, 1.54) is 6.20 Å². The van der Waals surface area contributed by atoms with E-state index >= 15 is 0 Å². The second-order valence-electron chi connectivity index (χ2n) is 7.11. The molecule has 0 spiro atoms. The molecule has 1 atom stereocenters. The van der Waals surface area contributed by atoms with Crippen LogP contribution in [0.4, 0.5) is 10.2 Å². The van der Waals surface area contributed by atoms with Crippen molar-refractivity contribution >= 4 is 51.1 Å². The van der Waals surface area contributed by atoms with Gasteiger partial charge in [-0.3, -0.25) is 4.79 Å². The van der Waals surface area contributed by atoms with Crippen LogP contribution in [0.1, 0.15) is 29.2 Å². The number of hydrogen-bond acceptors (Lipinski definition) is 7. The summed E-state index contributed by atoms with van der Waals surface area (Å²) in [5.41, 5.74) is 5.71. The summed E-state index contributed by atoms with van der Waals surface area (Å²) in [4.78, 5) is 35.3. The van der Waals surface area contributed by atoms with Crippen molar-refractivity contribution in [3.63, 3.8) is 0 Å². The van der Waals surface area contributed by atoms with Crippen LogP contribution in [0.2, 0.25) is 0 Å². The molecule has 0 aromatic carbocycles. The smallest absolute Gasteiger partial charge is 0.341 e. The van der Waals surface area contributed by atoms with Gasteiger partial charge in [0.25, 0.3) is 0 Å². The topological polar surface area (TPSA) is 123 Å². The van der Waals surface area contributed by atoms with E-state index in [4.69, 9.17) is 10.6 Å². The average Bonchev–Trinajstić information content (AvgIpc) is 3.46. The molecule has 154 valence electrons. The highest BCUT2D eigenvalue weighted by atomic mass is 127. The zero-order chi connectivity index (χ0) is 20.7. The number of oxime groups is 1. The van der Waals surface area contributed by atoms with Crippen molar-refractivity contribution in [2.24, 2.45) is 16.8 Å². The van der Waals surface area contributed by atoms with Crippen LogP contribution in [-0.4, -0.2) is 50.6 Å². The molecule has 3 heterocycles. The molecule has 11 heteroatoms. The second kappa shape index (κ2) is 7.86. The Labute approximate surface area is 178 Å². The number of anilines is 1. The molecule has 2 aromatic rings. The van der Waals surface area contributed by atoms with Crippen molar-refractivity contribution in [1.82, 2.24) is 9.55 Å². The molecular weight excluding hydrogens is 496 g/mol. The Morgan fingerprint density at radius 2 is 2.24 bits per heavy atom. The number of aromatic carboxylic acids is 1. The lowest BCUT2D eigenvalue weighted by Crippen LogP contribution is -2.26. The number of pyridine rings is 2. The van der Waals surface area contributed by atoms with E-state index < -0.39 is 17.2 Å². The molecule has 1 saturated heterocycles. The van der Waals surface area contributed by atoms with Gasteiger partial charge in [-0.1, -0.05) is 5.16 Å². The number of halogens is 2. The van der Waals surface area contributed by atoms with Gasteiger partial charge in [-0.2, -0.15) is 0 Å². The number of nitrogens with two attached hydrogens (primary N) is 1. The van der Waals surface area contributed by atoms with E-state index in [0.29, 0.717) is 30.0 Å². The largest absolute Gasteiger partial charge is 0.477 e. The molecule has 1 aliphatic carbocycles. The van der Waals surface area contributed by atoms with Gasteiger partial charge in [-0.05, 0) is 41.5 Å². The average molecular weight is 515 g/mol. The number of alkyl halides is 1. The highest BCUT2D eigenvalue weighted by Crippen LogP contribution is 2.37. The predicted molar refractivity (Wildman–Crippen MR) is 113 cm³/mol. The Kier molecular flexibility index (Phi) is 5.42. The third kappa shape index (κ3) is 3.68. The van der Waals surface area contributed by atoms with Crippen LogP contribution >= 0.6 is 22.6 Å². The van der Waals surface area contributed by atoms with Crippen LogP contribution in [0.5, 0.6) is 0 Å². The van der Waals surface area contributed by atoms with Crippen LogP contribution < -0.4 is 16.1 Å². The lowest BCUT2D eigenvalue weighted by atomic mass is 10.1.